The Labute approximate surface area is 171 Å². The summed E-state index contributed by atoms with van der Waals surface area (Å²) in [4.78, 5) is 41.4. The zero-order chi connectivity index (χ0) is 20.8. The van der Waals surface area contributed by atoms with Crippen LogP contribution in [0, 0.1) is 12.3 Å². The van der Waals surface area contributed by atoms with Crippen LogP contribution in [0.2, 0.25) is 0 Å². The number of piperidine rings is 1. The SMILES string of the molecule is Cc1ccc(-n2c3c(cc(C(=O)N4CCCCC4)c2=O)C(=O)CC(C)(C)C3)cc1. The van der Waals surface area contributed by atoms with Gasteiger partial charge in [-0.1, -0.05) is 31.5 Å². The van der Waals surface area contributed by atoms with E-state index >= 15 is 0 Å². The number of hydrogen-bond donors (Lipinski definition) is 0. The van der Waals surface area contributed by atoms with Gasteiger partial charge in [0.2, 0.25) is 0 Å². The second-order valence-corrected chi connectivity index (χ2v) is 9.19. The van der Waals surface area contributed by atoms with Crippen LogP contribution in [0.25, 0.3) is 5.69 Å². The standard InChI is InChI=1S/C24H28N2O3/c1-16-7-9-17(10-8-16)26-20-14-24(2,3)15-21(27)18(20)13-19(23(26)29)22(28)25-11-5-4-6-12-25/h7-10,13H,4-6,11-12,14-15H2,1-3H3. The average molecular weight is 392 g/mol. The number of pyridine rings is 1. The van der Waals surface area contributed by atoms with Crippen molar-refractivity contribution in [3.8, 4) is 5.69 Å². The van der Waals surface area contributed by atoms with Crippen LogP contribution >= 0.6 is 0 Å². The topological polar surface area (TPSA) is 59.4 Å². The predicted molar refractivity (Wildman–Crippen MR) is 113 cm³/mol. The number of aryl methyl sites for hydroxylation is 1. The van der Waals surface area contributed by atoms with Gasteiger partial charge in [0.25, 0.3) is 11.5 Å². The Kier molecular flexibility index (Phi) is 4.93. The quantitative estimate of drug-likeness (QED) is 0.778. The summed E-state index contributed by atoms with van der Waals surface area (Å²) in [6.07, 6.45) is 4.06. The van der Waals surface area contributed by atoms with E-state index in [4.69, 9.17) is 0 Å². The minimum atomic E-state index is -0.325. The molecule has 152 valence electrons. The summed E-state index contributed by atoms with van der Waals surface area (Å²) in [5, 5.41) is 0. The number of amides is 1. The first-order valence-electron chi connectivity index (χ1n) is 10.5. The average Bonchev–Trinajstić information content (AvgIpc) is 2.68. The molecule has 1 aliphatic heterocycles. The van der Waals surface area contributed by atoms with E-state index in [1.54, 1.807) is 15.5 Å². The number of carbonyl (C=O) groups excluding carboxylic acids is 2. The minimum absolute atomic E-state index is 0.00445. The van der Waals surface area contributed by atoms with Crippen molar-refractivity contribution in [2.24, 2.45) is 5.41 Å². The van der Waals surface area contributed by atoms with Gasteiger partial charge in [0.1, 0.15) is 5.56 Å². The number of aromatic nitrogens is 1. The molecule has 0 bridgehead atoms. The van der Waals surface area contributed by atoms with Crippen molar-refractivity contribution in [3.63, 3.8) is 0 Å². The van der Waals surface area contributed by atoms with E-state index in [0.29, 0.717) is 37.2 Å². The molecule has 4 rings (SSSR count). The molecular weight excluding hydrogens is 364 g/mol. The Hall–Kier alpha value is -2.69. The molecule has 0 saturated carbocycles. The largest absolute Gasteiger partial charge is 0.338 e. The van der Waals surface area contributed by atoms with E-state index in [1.807, 2.05) is 45.0 Å². The molecule has 0 radical (unpaired) electrons. The van der Waals surface area contributed by atoms with E-state index in [9.17, 15) is 14.4 Å². The molecule has 1 aromatic heterocycles. The first-order valence-corrected chi connectivity index (χ1v) is 10.5. The van der Waals surface area contributed by atoms with Crippen molar-refractivity contribution in [1.82, 2.24) is 9.47 Å². The molecule has 2 heterocycles. The van der Waals surface area contributed by atoms with E-state index < -0.39 is 0 Å². The number of rotatable bonds is 2. The maximum Gasteiger partial charge on any atom is 0.268 e. The molecule has 1 aromatic carbocycles. The maximum absolute atomic E-state index is 13.5. The highest BCUT2D eigenvalue weighted by Crippen LogP contribution is 2.35. The van der Waals surface area contributed by atoms with Crippen LogP contribution in [0.4, 0.5) is 0 Å². The van der Waals surface area contributed by atoms with Gasteiger partial charge in [0.15, 0.2) is 5.78 Å². The normalized spacial score (nSPS) is 18.4. The molecule has 5 heteroatoms. The fourth-order valence-electron chi connectivity index (χ4n) is 4.50. The molecular formula is C24H28N2O3. The predicted octanol–water partition coefficient (Wildman–Crippen LogP) is 3.93. The summed E-state index contributed by atoms with van der Waals surface area (Å²) >= 11 is 0. The number of benzene rings is 1. The van der Waals surface area contributed by atoms with Crippen molar-refractivity contribution in [2.75, 3.05) is 13.1 Å². The van der Waals surface area contributed by atoms with Crippen LogP contribution in [-0.4, -0.2) is 34.2 Å². The van der Waals surface area contributed by atoms with Crippen LogP contribution in [-0.2, 0) is 6.42 Å². The molecule has 2 aromatic rings. The monoisotopic (exact) mass is 392 g/mol. The Bertz CT molecular complexity index is 1030. The first-order chi connectivity index (χ1) is 13.8. The van der Waals surface area contributed by atoms with Crippen LogP contribution in [0.5, 0.6) is 0 Å². The lowest BCUT2D eigenvalue weighted by Crippen LogP contribution is -2.42. The number of Topliss-reactive ketones (excluding diaryl/α,β-unsaturated/α-hetero) is 1. The van der Waals surface area contributed by atoms with Gasteiger partial charge in [0, 0.05) is 36.5 Å². The molecule has 5 nitrogen and oxygen atoms in total. The molecule has 1 fully saturated rings. The van der Waals surface area contributed by atoms with Gasteiger partial charge in [-0.3, -0.25) is 19.0 Å². The van der Waals surface area contributed by atoms with Crippen molar-refractivity contribution >= 4 is 11.7 Å². The third kappa shape index (κ3) is 3.66. The van der Waals surface area contributed by atoms with Crippen LogP contribution in [0.1, 0.15) is 71.5 Å². The van der Waals surface area contributed by atoms with Gasteiger partial charge in [-0.25, -0.2) is 0 Å². The van der Waals surface area contributed by atoms with Crippen molar-refractivity contribution in [3.05, 3.63) is 63.1 Å². The highest BCUT2D eigenvalue weighted by atomic mass is 16.2. The number of nitrogens with zero attached hydrogens (tertiary/aromatic N) is 2. The number of fused-ring (bicyclic) bond motifs is 1. The lowest BCUT2D eigenvalue weighted by molar-refractivity contribution is 0.0722. The fraction of sp³-hybridized carbons (Fsp3) is 0.458. The molecule has 0 unspecified atom stereocenters. The molecule has 29 heavy (non-hydrogen) atoms. The van der Waals surface area contributed by atoms with Gasteiger partial charge in [-0.05, 0) is 56.2 Å². The summed E-state index contributed by atoms with van der Waals surface area (Å²) in [5.41, 5.74) is 2.60. The summed E-state index contributed by atoms with van der Waals surface area (Å²) in [6, 6.07) is 9.24. The molecule has 1 amide bonds. The summed E-state index contributed by atoms with van der Waals surface area (Å²) < 4.78 is 1.60. The zero-order valence-corrected chi connectivity index (χ0v) is 17.5. The van der Waals surface area contributed by atoms with Gasteiger partial charge in [-0.2, -0.15) is 0 Å². The highest BCUT2D eigenvalue weighted by molar-refractivity contribution is 6.02. The second-order valence-electron chi connectivity index (χ2n) is 9.19. The molecule has 0 spiro atoms. The van der Waals surface area contributed by atoms with E-state index in [1.165, 1.54) is 0 Å². The van der Waals surface area contributed by atoms with Gasteiger partial charge in [-0.15, -0.1) is 0 Å². The van der Waals surface area contributed by atoms with Gasteiger partial charge >= 0.3 is 0 Å². The lowest BCUT2D eigenvalue weighted by atomic mass is 9.75. The Balaban J connectivity index is 1.93. The summed E-state index contributed by atoms with van der Waals surface area (Å²) in [6.45, 7) is 7.42. The smallest absolute Gasteiger partial charge is 0.268 e. The third-order valence-corrected chi connectivity index (χ3v) is 6.05. The maximum atomic E-state index is 13.5. The fourth-order valence-corrected chi connectivity index (χ4v) is 4.50. The van der Waals surface area contributed by atoms with Crippen LogP contribution in [0.3, 0.4) is 0 Å². The summed E-state index contributed by atoms with van der Waals surface area (Å²) in [5.74, 6) is -0.249. The number of hydrogen-bond acceptors (Lipinski definition) is 3. The molecule has 2 aliphatic rings. The number of carbonyl (C=O) groups is 2. The Morgan fingerprint density at radius 1 is 0.966 bits per heavy atom. The van der Waals surface area contributed by atoms with E-state index in [-0.39, 0.29) is 28.2 Å². The Morgan fingerprint density at radius 3 is 2.28 bits per heavy atom. The number of likely N-dealkylation sites (tertiary alicyclic amines) is 1. The zero-order valence-electron chi connectivity index (χ0n) is 17.5. The highest BCUT2D eigenvalue weighted by Gasteiger charge is 2.35. The molecule has 1 saturated heterocycles. The number of ketones is 1. The molecule has 0 atom stereocenters. The second kappa shape index (κ2) is 7.29. The third-order valence-electron chi connectivity index (χ3n) is 6.05. The van der Waals surface area contributed by atoms with E-state index in [0.717, 1.165) is 30.5 Å². The van der Waals surface area contributed by atoms with Gasteiger partial charge in [0.05, 0.1) is 0 Å². The van der Waals surface area contributed by atoms with Gasteiger partial charge < -0.3 is 4.90 Å². The minimum Gasteiger partial charge on any atom is -0.338 e. The first kappa shape index (κ1) is 19.6. The van der Waals surface area contributed by atoms with Crippen molar-refractivity contribution in [1.29, 1.82) is 0 Å². The van der Waals surface area contributed by atoms with Crippen LogP contribution in [0.15, 0.2) is 35.1 Å². The Morgan fingerprint density at radius 2 is 1.62 bits per heavy atom. The molecule has 0 N–H and O–H groups in total. The van der Waals surface area contributed by atoms with Crippen LogP contribution < -0.4 is 5.56 Å². The van der Waals surface area contributed by atoms with E-state index in [2.05, 4.69) is 0 Å². The van der Waals surface area contributed by atoms with Crippen molar-refractivity contribution < 1.29 is 9.59 Å². The van der Waals surface area contributed by atoms with Crippen molar-refractivity contribution in [2.45, 2.75) is 52.9 Å². The molecule has 1 aliphatic carbocycles. The summed E-state index contributed by atoms with van der Waals surface area (Å²) in [7, 11) is 0. The lowest BCUT2D eigenvalue weighted by Gasteiger charge is -2.33.